The predicted molar refractivity (Wildman–Crippen MR) is 119 cm³/mol. The van der Waals surface area contributed by atoms with E-state index in [1.54, 1.807) is 14.2 Å². The first-order valence-corrected chi connectivity index (χ1v) is 9.56. The third kappa shape index (κ3) is 3.91. The van der Waals surface area contributed by atoms with Gasteiger partial charge in [-0.2, -0.15) is 0 Å². The van der Waals surface area contributed by atoms with Crippen LogP contribution in [0.25, 0.3) is 16.9 Å². The molecular formula is C25H22N2O3. The Labute approximate surface area is 175 Å². The van der Waals surface area contributed by atoms with Crippen LogP contribution >= 0.6 is 0 Å². The van der Waals surface area contributed by atoms with E-state index < -0.39 is 0 Å². The van der Waals surface area contributed by atoms with E-state index in [2.05, 4.69) is 5.32 Å². The Morgan fingerprint density at radius 3 is 1.97 bits per heavy atom. The standard InChI is InChI=1S/C25H22N2O3/c1-29-21-12-8-19(9-13-21)26-25(28)23-16-17-27(20-10-14-22(30-2)15-11-20)24(23)18-6-4-3-5-7-18/h3-17H,1-2H3,(H,26,28). The van der Waals surface area contributed by atoms with E-state index in [9.17, 15) is 4.79 Å². The molecule has 0 spiro atoms. The molecular weight excluding hydrogens is 376 g/mol. The first kappa shape index (κ1) is 19.3. The topological polar surface area (TPSA) is 52.5 Å². The molecule has 1 amide bonds. The number of ether oxygens (including phenoxy) is 2. The maximum atomic E-state index is 13.1. The molecule has 1 N–H and O–H groups in total. The summed E-state index contributed by atoms with van der Waals surface area (Å²) >= 11 is 0. The number of rotatable bonds is 6. The Balaban J connectivity index is 1.73. The normalized spacial score (nSPS) is 10.5. The molecule has 5 heteroatoms. The molecule has 0 bridgehead atoms. The van der Waals surface area contributed by atoms with E-state index >= 15 is 0 Å². The molecule has 0 aliphatic carbocycles. The minimum absolute atomic E-state index is 0.175. The molecule has 30 heavy (non-hydrogen) atoms. The second-order valence-electron chi connectivity index (χ2n) is 6.69. The molecule has 0 aliphatic heterocycles. The lowest BCUT2D eigenvalue weighted by Gasteiger charge is -2.13. The number of hydrogen-bond donors (Lipinski definition) is 1. The van der Waals surface area contributed by atoms with Gasteiger partial charge in [0.1, 0.15) is 11.5 Å². The Morgan fingerprint density at radius 1 is 0.767 bits per heavy atom. The summed E-state index contributed by atoms with van der Waals surface area (Å²) in [7, 11) is 3.25. The van der Waals surface area contributed by atoms with Crippen molar-refractivity contribution >= 4 is 11.6 Å². The van der Waals surface area contributed by atoms with Gasteiger partial charge in [-0.05, 0) is 60.2 Å². The fourth-order valence-corrected chi connectivity index (χ4v) is 3.34. The Morgan fingerprint density at radius 2 is 1.37 bits per heavy atom. The van der Waals surface area contributed by atoms with Crippen molar-refractivity contribution in [2.45, 2.75) is 0 Å². The number of benzene rings is 3. The monoisotopic (exact) mass is 398 g/mol. The maximum Gasteiger partial charge on any atom is 0.257 e. The van der Waals surface area contributed by atoms with Crippen molar-refractivity contribution in [1.82, 2.24) is 4.57 Å². The van der Waals surface area contributed by atoms with Gasteiger partial charge >= 0.3 is 0 Å². The molecule has 0 saturated carbocycles. The van der Waals surface area contributed by atoms with E-state index in [1.807, 2.05) is 95.7 Å². The van der Waals surface area contributed by atoms with E-state index in [1.165, 1.54) is 0 Å². The van der Waals surface area contributed by atoms with Crippen LogP contribution in [0.5, 0.6) is 11.5 Å². The van der Waals surface area contributed by atoms with Crippen molar-refractivity contribution in [3.8, 4) is 28.4 Å². The van der Waals surface area contributed by atoms with Crippen molar-refractivity contribution in [2.75, 3.05) is 19.5 Å². The van der Waals surface area contributed by atoms with Crippen LogP contribution in [0.1, 0.15) is 10.4 Å². The summed E-state index contributed by atoms with van der Waals surface area (Å²) in [6.07, 6.45) is 1.91. The van der Waals surface area contributed by atoms with Gasteiger partial charge in [-0.1, -0.05) is 30.3 Å². The van der Waals surface area contributed by atoms with Gasteiger partial charge in [0.25, 0.3) is 5.91 Å². The lowest BCUT2D eigenvalue weighted by atomic mass is 10.1. The van der Waals surface area contributed by atoms with E-state index in [0.29, 0.717) is 11.3 Å². The zero-order chi connectivity index (χ0) is 20.9. The summed E-state index contributed by atoms with van der Waals surface area (Å²) < 4.78 is 12.5. The van der Waals surface area contributed by atoms with Gasteiger partial charge in [-0.15, -0.1) is 0 Å². The third-order valence-electron chi connectivity index (χ3n) is 4.88. The third-order valence-corrected chi connectivity index (χ3v) is 4.88. The number of carbonyl (C=O) groups excluding carboxylic acids is 1. The summed E-state index contributed by atoms with van der Waals surface area (Å²) in [5.41, 5.74) is 4.02. The smallest absolute Gasteiger partial charge is 0.257 e. The average molecular weight is 398 g/mol. The highest BCUT2D eigenvalue weighted by molar-refractivity contribution is 6.08. The molecule has 1 heterocycles. The number of aromatic nitrogens is 1. The average Bonchev–Trinajstić information content (AvgIpc) is 3.25. The quantitative estimate of drug-likeness (QED) is 0.472. The minimum atomic E-state index is -0.175. The lowest BCUT2D eigenvalue weighted by molar-refractivity contribution is 0.102. The van der Waals surface area contributed by atoms with Gasteiger partial charge in [-0.25, -0.2) is 0 Å². The van der Waals surface area contributed by atoms with Crippen molar-refractivity contribution in [3.63, 3.8) is 0 Å². The van der Waals surface area contributed by atoms with E-state index in [0.717, 1.165) is 28.4 Å². The number of hydrogen-bond acceptors (Lipinski definition) is 3. The van der Waals surface area contributed by atoms with E-state index in [4.69, 9.17) is 9.47 Å². The van der Waals surface area contributed by atoms with Gasteiger partial charge in [0.05, 0.1) is 25.5 Å². The molecule has 5 nitrogen and oxygen atoms in total. The summed E-state index contributed by atoms with van der Waals surface area (Å²) in [5.74, 6) is 1.35. The first-order valence-electron chi connectivity index (χ1n) is 9.56. The van der Waals surface area contributed by atoms with Crippen molar-refractivity contribution in [1.29, 1.82) is 0 Å². The zero-order valence-corrected chi connectivity index (χ0v) is 16.8. The van der Waals surface area contributed by atoms with Crippen LogP contribution in [0.4, 0.5) is 5.69 Å². The molecule has 0 aliphatic rings. The second kappa shape index (κ2) is 8.57. The Bertz CT molecular complexity index is 1130. The van der Waals surface area contributed by atoms with Crippen LogP contribution in [-0.4, -0.2) is 24.7 Å². The fourth-order valence-electron chi connectivity index (χ4n) is 3.34. The van der Waals surface area contributed by atoms with Crippen LogP contribution in [0.2, 0.25) is 0 Å². The van der Waals surface area contributed by atoms with E-state index in [-0.39, 0.29) is 5.91 Å². The number of methoxy groups -OCH3 is 2. The molecule has 0 atom stereocenters. The maximum absolute atomic E-state index is 13.1. The van der Waals surface area contributed by atoms with Crippen LogP contribution in [0.15, 0.2) is 91.1 Å². The highest BCUT2D eigenvalue weighted by Gasteiger charge is 2.19. The fraction of sp³-hybridized carbons (Fsp3) is 0.0800. The predicted octanol–water partition coefficient (Wildman–Crippen LogP) is 5.41. The molecule has 4 rings (SSSR count). The molecule has 0 fully saturated rings. The highest BCUT2D eigenvalue weighted by atomic mass is 16.5. The minimum Gasteiger partial charge on any atom is -0.497 e. The molecule has 4 aromatic rings. The van der Waals surface area contributed by atoms with Crippen LogP contribution in [0.3, 0.4) is 0 Å². The van der Waals surface area contributed by atoms with Crippen molar-refractivity contribution in [3.05, 3.63) is 96.7 Å². The zero-order valence-electron chi connectivity index (χ0n) is 16.8. The van der Waals surface area contributed by atoms with Crippen molar-refractivity contribution in [2.24, 2.45) is 0 Å². The second-order valence-corrected chi connectivity index (χ2v) is 6.69. The van der Waals surface area contributed by atoms with Gasteiger partial charge in [0.15, 0.2) is 0 Å². The summed E-state index contributed by atoms with van der Waals surface area (Å²) in [4.78, 5) is 13.1. The summed E-state index contributed by atoms with van der Waals surface area (Å²) in [5, 5.41) is 2.97. The number of nitrogens with one attached hydrogen (secondary N) is 1. The molecule has 3 aromatic carbocycles. The lowest BCUT2D eigenvalue weighted by Crippen LogP contribution is -2.13. The first-order chi connectivity index (χ1) is 14.7. The number of nitrogens with zero attached hydrogens (tertiary/aromatic N) is 1. The molecule has 150 valence electrons. The molecule has 0 unspecified atom stereocenters. The largest absolute Gasteiger partial charge is 0.497 e. The Kier molecular flexibility index (Phi) is 5.52. The SMILES string of the molecule is COc1ccc(NC(=O)c2ccn(-c3ccc(OC)cc3)c2-c2ccccc2)cc1. The number of amides is 1. The van der Waals surface area contributed by atoms with Gasteiger partial charge in [-0.3, -0.25) is 4.79 Å². The number of anilines is 1. The number of carbonyl (C=O) groups is 1. The van der Waals surface area contributed by atoms with Crippen molar-refractivity contribution < 1.29 is 14.3 Å². The molecule has 1 aromatic heterocycles. The molecule has 0 saturated heterocycles. The van der Waals surface area contributed by atoms with Gasteiger partial charge in [0, 0.05) is 17.6 Å². The van der Waals surface area contributed by atoms with Gasteiger partial charge in [0.2, 0.25) is 0 Å². The summed E-state index contributed by atoms with van der Waals surface area (Å²) in [6.45, 7) is 0. The summed E-state index contributed by atoms with van der Waals surface area (Å²) in [6, 6.07) is 26.7. The van der Waals surface area contributed by atoms with Crippen LogP contribution in [0, 0.1) is 0 Å². The van der Waals surface area contributed by atoms with Gasteiger partial charge < -0.3 is 19.4 Å². The highest BCUT2D eigenvalue weighted by Crippen LogP contribution is 2.30. The molecule has 0 radical (unpaired) electrons. The van der Waals surface area contributed by atoms with Crippen LogP contribution < -0.4 is 14.8 Å². The Hall–Kier alpha value is -3.99. The van der Waals surface area contributed by atoms with Crippen LogP contribution in [-0.2, 0) is 0 Å².